The van der Waals surface area contributed by atoms with Crippen molar-refractivity contribution in [1.82, 2.24) is 0 Å². The fourth-order valence-corrected chi connectivity index (χ4v) is 5.31. The molecule has 0 amide bonds. The summed E-state index contributed by atoms with van der Waals surface area (Å²) >= 11 is 0. The monoisotopic (exact) mass is 1180 g/mol. The SMILES string of the molecule is O=C(CC(C(=O)OCC(F)(F)C(F)(C(F)(F)F)C(F)(F)C(F)(F)C(F)(F)C(F)(C(F)(F)F)C(F)(F)F)S(=O)(=O)[O-])OCC(F)(F)C(F)(C(F)(F)F)C(F)(F)C(F)(F)C(F)(F)C(F)(C(F)(F)F)C(F)(F)F.[Na+]. The Bertz CT molecular complexity index is 2000. The topological polar surface area (TPSA) is 110 Å². The van der Waals surface area contributed by atoms with E-state index in [1.54, 1.807) is 0 Å². The van der Waals surface area contributed by atoms with Crippen LogP contribution in [-0.2, 0) is 29.2 Å². The summed E-state index contributed by atoms with van der Waals surface area (Å²) in [7, 11) is -7.48. The van der Waals surface area contributed by atoms with Crippen molar-refractivity contribution >= 4 is 22.1 Å². The molecule has 0 N–H and O–H groups in total. The van der Waals surface area contributed by atoms with Gasteiger partial charge < -0.3 is 14.0 Å². The third kappa shape index (κ3) is 10.2. The van der Waals surface area contributed by atoms with Crippen molar-refractivity contribution < 1.29 is 228 Å². The van der Waals surface area contributed by atoms with Crippen molar-refractivity contribution in [2.24, 2.45) is 0 Å². The summed E-state index contributed by atoms with van der Waals surface area (Å²) in [6, 6.07) is 0. The molecule has 0 heterocycles. The normalized spacial score (nSPS) is 18.0. The Morgan fingerprint density at radius 3 is 0.746 bits per heavy atom. The van der Waals surface area contributed by atoms with Crippen molar-refractivity contribution in [1.29, 1.82) is 0 Å². The number of hydrogen-bond acceptors (Lipinski definition) is 7. The zero-order valence-electron chi connectivity index (χ0n) is 31.3. The summed E-state index contributed by atoms with van der Waals surface area (Å²) < 4.78 is 554. The van der Waals surface area contributed by atoms with Crippen LogP contribution < -0.4 is 29.6 Å². The molecule has 418 valence electrons. The maximum atomic E-state index is 14.7. The molecule has 0 radical (unpaired) electrons. The largest absolute Gasteiger partial charge is 1.00 e. The molecule has 0 fully saturated rings. The minimum absolute atomic E-state index is 0. The first kappa shape index (κ1) is 70.3. The number of carbonyl (C=O) groups excluding carboxylic acids is 2. The molecule has 0 aliphatic heterocycles. The molecule has 71 heavy (non-hydrogen) atoms. The zero-order chi connectivity index (χ0) is 57.8. The number of carbonyl (C=O) groups is 2. The van der Waals surface area contributed by atoms with E-state index in [1.807, 2.05) is 0 Å². The molecule has 0 saturated carbocycles. The van der Waals surface area contributed by atoms with Gasteiger partial charge in [-0.05, 0) is 0 Å². The fourth-order valence-electron chi connectivity index (χ4n) is 4.66. The Labute approximate surface area is 382 Å². The van der Waals surface area contributed by atoms with Crippen LogP contribution in [0.2, 0.25) is 0 Å². The van der Waals surface area contributed by atoms with Crippen molar-refractivity contribution in [2.75, 3.05) is 13.2 Å². The molecule has 0 aliphatic carbocycles. The second-order valence-electron chi connectivity index (χ2n) is 12.9. The summed E-state index contributed by atoms with van der Waals surface area (Å²) in [5.41, 5.74) is -37.3. The van der Waals surface area contributed by atoms with E-state index >= 15 is 0 Å². The molecule has 0 aromatic heterocycles. The van der Waals surface area contributed by atoms with Crippen LogP contribution in [0.3, 0.4) is 0 Å². The summed E-state index contributed by atoms with van der Waals surface area (Å²) in [6.07, 6.45) is -56.7. The maximum Gasteiger partial charge on any atom is 1.00 e. The summed E-state index contributed by atoms with van der Waals surface area (Å²) in [5, 5.41) is -4.94. The molecule has 0 aromatic carbocycles. The van der Waals surface area contributed by atoms with E-state index in [0.29, 0.717) is 0 Å². The molecular formula is C24H7F38NaO7S. The first-order valence-electron chi connectivity index (χ1n) is 15.1. The van der Waals surface area contributed by atoms with Gasteiger partial charge in [0.2, 0.25) is 0 Å². The Kier molecular flexibility index (Phi) is 18.6. The van der Waals surface area contributed by atoms with Crippen LogP contribution in [0.4, 0.5) is 167 Å². The summed E-state index contributed by atoms with van der Waals surface area (Å²) in [6.45, 7) is -9.63. The van der Waals surface area contributed by atoms with Crippen LogP contribution in [0.5, 0.6) is 0 Å². The van der Waals surface area contributed by atoms with E-state index in [9.17, 15) is 189 Å². The number of esters is 2. The number of ether oxygens (including phenoxy) is 2. The van der Waals surface area contributed by atoms with Crippen molar-refractivity contribution in [2.45, 2.75) is 119 Å². The third-order valence-corrected chi connectivity index (χ3v) is 9.49. The first-order chi connectivity index (χ1) is 29.6. The minimum Gasteiger partial charge on any atom is -0.747 e. The van der Waals surface area contributed by atoms with Gasteiger partial charge in [-0.15, -0.1) is 0 Å². The molecule has 47 heteroatoms. The molecular weight excluding hydrogens is 1180 g/mol. The molecule has 0 rings (SSSR count). The molecule has 0 saturated heterocycles. The molecule has 7 nitrogen and oxygen atoms in total. The van der Waals surface area contributed by atoms with Gasteiger partial charge in [-0.25, -0.2) is 26.0 Å². The van der Waals surface area contributed by atoms with Crippen LogP contribution >= 0.6 is 0 Å². The van der Waals surface area contributed by atoms with Gasteiger partial charge in [0.15, 0.2) is 18.5 Å². The van der Waals surface area contributed by atoms with Crippen LogP contribution in [0.25, 0.3) is 0 Å². The Morgan fingerprint density at radius 1 is 0.352 bits per heavy atom. The van der Waals surface area contributed by atoms with Gasteiger partial charge in [0.05, 0.1) is 6.42 Å². The predicted molar refractivity (Wildman–Crippen MR) is 131 cm³/mol. The van der Waals surface area contributed by atoms with Gasteiger partial charge in [-0.2, -0.15) is 149 Å². The standard InChI is InChI=1S/C24H8F38O7S.Na/c25-7(26,9(29,19(45,46)47)13(33,34)17(41,42)15(37,38)11(31,21(51,52)53)22(54,55)56)2-68-5(63)1-4(70(65,66)67)6(64)69-3-8(27,28)10(30,20(48,49)50)14(35,36)18(43,44)16(39,40)12(32,23(57,58)59)24(60,61)62;/h4H,1-3H2,(H,65,66,67);/q;+1/p-1. The molecule has 0 bridgehead atoms. The van der Waals surface area contributed by atoms with E-state index in [2.05, 4.69) is 9.47 Å². The van der Waals surface area contributed by atoms with Crippen molar-refractivity contribution in [3.05, 3.63) is 0 Å². The van der Waals surface area contributed by atoms with Crippen molar-refractivity contribution in [3.8, 4) is 0 Å². The zero-order valence-corrected chi connectivity index (χ0v) is 34.1. The number of alkyl halides is 38. The van der Waals surface area contributed by atoms with Gasteiger partial charge in [-0.3, -0.25) is 9.59 Å². The molecule has 0 aromatic rings. The van der Waals surface area contributed by atoms with E-state index in [0.717, 1.165) is 0 Å². The molecule has 3 atom stereocenters. The second-order valence-corrected chi connectivity index (χ2v) is 14.5. The molecule has 0 aliphatic rings. The Balaban J connectivity index is 0. The molecule has 0 spiro atoms. The van der Waals surface area contributed by atoms with Gasteiger partial charge in [0, 0.05) is 0 Å². The first-order valence-corrected chi connectivity index (χ1v) is 16.5. The average molecular weight is 1180 g/mol. The molecule has 3 unspecified atom stereocenters. The average Bonchev–Trinajstić information content (AvgIpc) is 3.09. The Morgan fingerprint density at radius 2 is 0.549 bits per heavy atom. The van der Waals surface area contributed by atoms with Gasteiger partial charge in [-0.1, -0.05) is 0 Å². The number of rotatable bonds is 18. The van der Waals surface area contributed by atoms with Crippen LogP contribution in [0, 0.1) is 0 Å². The summed E-state index contributed by atoms with van der Waals surface area (Å²) in [4.78, 5) is 23.6. The second kappa shape index (κ2) is 18.8. The van der Waals surface area contributed by atoms with Crippen molar-refractivity contribution in [3.63, 3.8) is 0 Å². The van der Waals surface area contributed by atoms with E-state index < -0.39 is 154 Å². The van der Waals surface area contributed by atoms with Gasteiger partial charge in [0.1, 0.15) is 10.1 Å². The van der Waals surface area contributed by atoms with Crippen LogP contribution in [0.1, 0.15) is 6.42 Å². The fraction of sp³-hybridized carbons (Fsp3) is 0.917. The minimum atomic E-state index is -9.79. The summed E-state index contributed by atoms with van der Waals surface area (Å²) in [5.74, 6) is -83.0. The number of halogens is 38. The van der Waals surface area contributed by atoms with Crippen LogP contribution in [-0.4, -0.2) is 150 Å². The van der Waals surface area contributed by atoms with Gasteiger partial charge >= 0.3 is 149 Å². The smallest absolute Gasteiger partial charge is 0.747 e. The predicted octanol–water partition coefficient (Wildman–Crippen LogP) is 7.67. The van der Waals surface area contributed by atoms with E-state index in [-0.39, 0.29) is 29.6 Å². The van der Waals surface area contributed by atoms with Crippen LogP contribution in [0.15, 0.2) is 0 Å². The maximum absolute atomic E-state index is 14.7. The Hall–Kier alpha value is -2.81. The van der Waals surface area contributed by atoms with E-state index in [1.165, 1.54) is 0 Å². The van der Waals surface area contributed by atoms with Gasteiger partial charge in [0.25, 0.3) is 0 Å². The quantitative estimate of drug-likeness (QED) is 0.0601. The van der Waals surface area contributed by atoms with E-state index in [4.69, 9.17) is 0 Å². The third-order valence-electron chi connectivity index (χ3n) is 8.43. The number of hydrogen-bond donors (Lipinski definition) is 0.